The molecule has 0 atom stereocenters. The Morgan fingerprint density at radius 3 is 2.12 bits per heavy atom. The molecule has 3 amide bonds. The molecule has 0 aliphatic heterocycles. The summed E-state index contributed by atoms with van der Waals surface area (Å²) in [7, 11) is -2.42. The van der Waals surface area contributed by atoms with E-state index in [4.69, 9.17) is 0 Å². The second kappa shape index (κ2) is 7.62. The first-order chi connectivity index (χ1) is 11.3. The summed E-state index contributed by atoms with van der Waals surface area (Å²) < 4.78 is 27.8. The van der Waals surface area contributed by atoms with Crippen molar-refractivity contribution in [1.29, 1.82) is 0 Å². The molecule has 0 aliphatic carbocycles. The SMILES string of the molecule is CN(I)C(=O)Nc1ccc(S(=O)(=O)NC(=O)c2ccccc2)cc1. The Labute approximate surface area is 153 Å². The van der Waals surface area contributed by atoms with Crippen LogP contribution in [-0.4, -0.2) is 30.5 Å². The van der Waals surface area contributed by atoms with Crippen LogP contribution in [0.15, 0.2) is 59.5 Å². The molecule has 7 nitrogen and oxygen atoms in total. The van der Waals surface area contributed by atoms with Crippen molar-refractivity contribution in [3.63, 3.8) is 0 Å². The molecule has 0 aliphatic rings. The lowest BCUT2D eigenvalue weighted by molar-refractivity contribution is 0.0981. The third kappa shape index (κ3) is 4.68. The van der Waals surface area contributed by atoms with Crippen LogP contribution in [0.5, 0.6) is 0 Å². The minimum Gasteiger partial charge on any atom is -0.307 e. The number of hydrogen-bond donors (Lipinski definition) is 2. The summed E-state index contributed by atoms with van der Waals surface area (Å²) in [5, 5.41) is 2.58. The molecule has 2 N–H and O–H groups in total. The zero-order valence-corrected chi connectivity index (χ0v) is 15.5. The maximum atomic E-state index is 12.2. The molecule has 0 fully saturated rings. The molecule has 0 bridgehead atoms. The molecule has 0 spiro atoms. The first-order valence-electron chi connectivity index (χ1n) is 6.72. The molecular formula is C15H14IN3O4S. The van der Waals surface area contributed by atoms with Crippen molar-refractivity contribution in [2.75, 3.05) is 12.4 Å². The lowest BCUT2D eigenvalue weighted by atomic mass is 10.2. The van der Waals surface area contributed by atoms with Gasteiger partial charge in [0.2, 0.25) is 0 Å². The molecule has 0 saturated carbocycles. The number of carbonyl (C=O) groups excluding carboxylic acids is 2. The van der Waals surface area contributed by atoms with E-state index in [1.807, 2.05) is 27.6 Å². The van der Waals surface area contributed by atoms with Gasteiger partial charge in [-0.15, -0.1) is 0 Å². The number of sulfonamides is 1. The third-order valence-corrected chi connectivity index (χ3v) is 4.74. The Kier molecular flexibility index (Phi) is 5.78. The van der Waals surface area contributed by atoms with Gasteiger partial charge in [0.25, 0.3) is 15.9 Å². The van der Waals surface area contributed by atoms with Gasteiger partial charge in [-0.05, 0) is 36.4 Å². The number of anilines is 1. The fourth-order valence-electron chi connectivity index (χ4n) is 1.75. The Morgan fingerprint density at radius 1 is 1.00 bits per heavy atom. The number of hydrogen-bond acceptors (Lipinski definition) is 4. The number of halogens is 1. The Balaban J connectivity index is 2.12. The smallest absolute Gasteiger partial charge is 0.307 e. The molecular weight excluding hydrogens is 445 g/mol. The van der Waals surface area contributed by atoms with Gasteiger partial charge in [0.05, 0.1) is 27.8 Å². The molecule has 0 aromatic heterocycles. The van der Waals surface area contributed by atoms with Crippen LogP contribution in [-0.2, 0) is 10.0 Å². The summed E-state index contributed by atoms with van der Waals surface area (Å²) in [6, 6.07) is 13.2. The Morgan fingerprint density at radius 2 is 1.58 bits per heavy atom. The zero-order chi connectivity index (χ0) is 17.7. The van der Waals surface area contributed by atoms with Crippen LogP contribution in [0.4, 0.5) is 10.5 Å². The van der Waals surface area contributed by atoms with Gasteiger partial charge in [-0.1, -0.05) is 18.2 Å². The summed E-state index contributed by atoms with van der Waals surface area (Å²) in [4.78, 5) is 23.4. The highest BCUT2D eigenvalue weighted by molar-refractivity contribution is 14.1. The van der Waals surface area contributed by atoms with E-state index in [0.717, 1.165) is 0 Å². The number of rotatable bonds is 4. The molecule has 2 rings (SSSR count). The minimum atomic E-state index is -3.99. The molecule has 0 saturated heterocycles. The lowest BCUT2D eigenvalue weighted by Crippen LogP contribution is -2.30. The standard InChI is InChI=1S/C15H14IN3O4S/c1-19(16)15(21)17-12-7-9-13(10-8-12)24(22,23)18-14(20)11-5-3-2-4-6-11/h2-10H,1H3,(H,17,21)(H,18,20). The number of benzene rings is 2. The molecule has 2 aromatic carbocycles. The monoisotopic (exact) mass is 459 g/mol. The topological polar surface area (TPSA) is 95.6 Å². The highest BCUT2D eigenvalue weighted by atomic mass is 127. The summed E-state index contributed by atoms with van der Waals surface area (Å²) in [5.74, 6) is -0.709. The predicted octanol–water partition coefficient (Wildman–Crippen LogP) is 2.62. The van der Waals surface area contributed by atoms with Crippen LogP contribution < -0.4 is 10.0 Å². The van der Waals surface area contributed by atoms with Gasteiger partial charge in [0, 0.05) is 18.3 Å². The van der Waals surface area contributed by atoms with Gasteiger partial charge < -0.3 is 5.32 Å². The number of amides is 3. The van der Waals surface area contributed by atoms with Gasteiger partial charge in [-0.2, -0.15) is 0 Å². The minimum absolute atomic E-state index is 0.0763. The van der Waals surface area contributed by atoms with E-state index in [9.17, 15) is 18.0 Å². The van der Waals surface area contributed by atoms with E-state index in [2.05, 4.69) is 5.32 Å². The second-order valence-electron chi connectivity index (χ2n) is 4.73. The Bertz CT molecular complexity index is 837. The summed E-state index contributed by atoms with van der Waals surface area (Å²) in [6.07, 6.45) is 0. The van der Waals surface area contributed by atoms with Crippen LogP contribution in [0.25, 0.3) is 0 Å². The van der Waals surface area contributed by atoms with E-state index >= 15 is 0 Å². The van der Waals surface area contributed by atoms with Crippen molar-refractivity contribution in [3.05, 3.63) is 60.2 Å². The van der Waals surface area contributed by atoms with Crippen molar-refractivity contribution >= 4 is 50.5 Å². The van der Waals surface area contributed by atoms with E-state index in [1.165, 1.54) is 39.5 Å². The van der Waals surface area contributed by atoms with Crippen LogP contribution in [0.2, 0.25) is 0 Å². The van der Waals surface area contributed by atoms with Gasteiger partial charge in [0.1, 0.15) is 0 Å². The highest BCUT2D eigenvalue weighted by Gasteiger charge is 2.18. The summed E-state index contributed by atoms with van der Waals surface area (Å²) in [6.45, 7) is 0. The van der Waals surface area contributed by atoms with Crippen molar-refractivity contribution in [2.24, 2.45) is 0 Å². The fraction of sp³-hybridized carbons (Fsp3) is 0.0667. The summed E-state index contributed by atoms with van der Waals surface area (Å²) in [5.41, 5.74) is 0.687. The van der Waals surface area contributed by atoms with Crippen LogP contribution >= 0.6 is 22.9 Å². The molecule has 0 heterocycles. The van der Waals surface area contributed by atoms with Crippen molar-refractivity contribution in [2.45, 2.75) is 4.90 Å². The molecule has 24 heavy (non-hydrogen) atoms. The Hall–Kier alpha value is -2.14. The lowest BCUT2D eigenvalue weighted by Gasteiger charge is -2.11. The molecule has 0 unspecified atom stereocenters. The molecule has 9 heteroatoms. The average molecular weight is 459 g/mol. The zero-order valence-electron chi connectivity index (χ0n) is 12.6. The maximum absolute atomic E-state index is 12.2. The number of urea groups is 1. The normalized spacial score (nSPS) is 10.8. The van der Waals surface area contributed by atoms with Crippen LogP contribution in [0.1, 0.15) is 10.4 Å². The van der Waals surface area contributed by atoms with Crippen LogP contribution in [0.3, 0.4) is 0 Å². The first kappa shape index (κ1) is 18.2. The van der Waals surface area contributed by atoms with E-state index in [1.54, 1.807) is 25.2 Å². The van der Waals surface area contributed by atoms with Crippen LogP contribution in [0, 0.1) is 0 Å². The predicted molar refractivity (Wildman–Crippen MR) is 98.3 cm³/mol. The van der Waals surface area contributed by atoms with Crippen molar-refractivity contribution < 1.29 is 18.0 Å². The van der Waals surface area contributed by atoms with Crippen molar-refractivity contribution in [3.8, 4) is 0 Å². The molecule has 0 radical (unpaired) electrons. The maximum Gasteiger partial charge on any atom is 0.330 e. The second-order valence-corrected chi connectivity index (χ2v) is 7.86. The third-order valence-electron chi connectivity index (χ3n) is 2.96. The first-order valence-corrected chi connectivity index (χ1v) is 9.17. The largest absolute Gasteiger partial charge is 0.330 e. The van der Waals surface area contributed by atoms with Gasteiger partial charge in [0.15, 0.2) is 0 Å². The van der Waals surface area contributed by atoms with E-state index < -0.39 is 15.9 Å². The highest BCUT2D eigenvalue weighted by Crippen LogP contribution is 2.15. The summed E-state index contributed by atoms with van der Waals surface area (Å²) >= 11 is 1.81. The molecule has 2 aromatic rings. The van der Waals surface area contributed by atoms with Gasteiger partial charge >= 0.3 is 6.03 Å². The molecule has 126 valence electrons. The number of nitrogens with zero attached hydrogens (tertiary/aromatic N) is 1. The average Bonchev–Trinajstić information content (AvgIpc) is 2.55. The van der Waals surface area contributed by atoms with Gasteiger partial charge in [-0.3, -0.25) is 7.91 Å². The number of nitrogens with one attached hydrogen (secondary N) is 2. The number of carbonyl (C=O) groups is 2. The van der Waals surface area contributed by atoms with E-state index in [-0.39, 0.29) is 16.5 Å². The quantitative estimate of drug-likeness (QED) is 0.543. The van der Waals surface area contributed by atoms with E-state index in [0.29, 0.717) is 5.69 Å². The fourth-order valence-corrected chi connectivity index (χ4v) is 2.84. The van der Waals surface area contributed by atoms with Gasteiger partial charge in [-0.25, -0.2) is 17.9 Å². The van der Waals surface area contributed by atoms with Crippen molar-refractivity contribution in [1.82, 2.24) is 7.84 Å².